The average molecular weight is 261 g/mol. The molecule has 1 heterocycles. The number of nitrogens with zero attached hydrogens (tertiary/aromatic N) is 1. The van der Waals surface area contributed by atoms with Crippen molar-refractivity contribution in [3.63, 3.8) is 0 Å². The van der Waals surface area contributed by atoms with Gasteiger partial charge in [0.1, 0.15) is 0 Å². The van der Waals surface area contributed by atoms with Gasteiger partial charge in [-0.3, -0.25) is 9.59 Å². The summed E-state index contributed by atoms with van der Waals surface area (Å²) in [6, 6.07) is 7.05. The number of carbonyl (C=O) groups excluding carboxylic acids is 2. The SMILES string of the molecule is CNC(=O)c1cccc(C(=O)N(C)C2CCNC2)c1. The summed E-state index contributed by atoms with van der Waals surface area (Å²) < 4.78 is 0. The molecule has 0 saturated carbocycles. The van der Waals surface area contributed by atoms with Crippen molar-refractivity contribution in [3.05, 3.63) is 35.4 Å². The van der Waals surface area contributed by atoms with E-state index in [1.54, 1.807) is 36.2 Å². The molecule has 1 unspecified atom stereocenters. The lowest BCUT2D eigenvalue weighted by molar-refractivity contribution is 0.0744. The first kappa shape index (κ1) is 13.5. The molecule has 1 fully saturated rings. The molecule has 1 atom stereocenters. The number of benzene rings is 1. The van der Waals surface area contributed by atoms with Gasteiger partial charge in [-0.15, -0.1) is 0 Å². The second-order valence-corrected chi connectivity index (χ2v) is 4.72. The Labute approximate surface area is 113 Å². The number of amides is 2. The molecule has 0 aromatic heterocycles. The van der Waals surface area contributed by atoms with E-state index in [9.17, 15) is 9.59 Å². The van der Waals surface area contributed by atoms with E-state index in [0.717, 1.165) is 19.5 Å². The van der Waals surface area contributed by atoms with Crippen molar-refractivity contribution < 1.29 is 9.59 Å². The number of nitrogens with one attached hydrogen (secondary N) is 2. The number of hydrogen-bond acceptors (Lipinski definition) is 3. The molecule has 1 aliphatic rings. The van der Waals surface area contributed by atoms with E-state index in [2.05, 4.69) is 10.6 Å². The average Bonchev–Trinajstić information content (AvgIpc) is 2.99. The van der Waals surface area contributed by atoms with E-state index < -0.39 is 0 Å². The van der Waals surface area contributed by atoms with Crippen LogP contribution in [0.2, 0.25) is 0 Å². The predicted molar refractivity (Wildman–Crippen MR) is 73.2 cm³/mol. The molecule has 2 N–H and O–H groups in total. The predicted octanol–water partition coefficient (Wildman–Crippen LogP) is 0.480. The van der Waals surface area contributed by atoms with Crippen LogP contribution in [0.15, 0.2) is 24.3 Å². The third-order valence-corrected chi connectivity index (χ3v) is 3.50. The molecule has 1 saturated heterocycles. The zero-order valence-electron chi connectivity index (χ0n) is 11.3. The van der Waals surface area contributed by atoms with Gasteiger partial charge in [-0.2, -0.15) is 0 Å². The quantitative estimate of drug-likeness (QED) is 0.832. The summed E-state index contributed by atoms with van der Waals surface area (Å²) >= 11 is 0. The van der Waals surface area contributed by atoms with Gasteiger partial charge < -0.3 is 15.5 Å². The Morgan fingerprint density at radius 2 is 2.11 bits per heavy atom. The fourth-order valence-electron chi connectivity index (χ4n) is 2.28. The van der Waals surface area contributed by atoms with Gasteiger partial charge in [0.15, 0.2) is 0 Å². The highest BCUT2D eigenvalue weighted by Gasteiger charge is 2.24. The van der Waals surface area contributed by atoms with E-state index in [4.69, 9.17) is 0 Å². The third kappa shape index (κ3) is 2.93. The minimum atomic E-state index is -0.181. The zero-order chi connectivity index (χ0) is 13.8. The Morgan fingerprint density at radius 1 is 1.37 bits per heavy atom. The Morgan fingerprint density at radius 3 is 2.74 bits per heavy atom. The Balaban J connectivity index is 2.16. The van der Waals surface area contributed by atoms with Crippen molar-refractivity contribution in [2.45, 2.75) is 12.5 Å². The third-order valence-electron chi connectivity index (χ3n) is 3.50. The lowest BCUT2D eigenvalue weighted by Gasteiger charge is -2.24. The molecule has 1 aliphatic heterocycles. The van der Waals surface area contributed by atoms with Crippen LogP contribution in [0.3, 0.4) is 0 Å². The maximum absolute atomic E-state index is 12.4. The van der Waals surface area contributed by atoms with Crippen LogP contribution in [0, 0.1) is 0 Å². The van der Waals surface area contributed by atoms with Crippen LogP contribution in [0.4, 0.5) is 0 Å². The van der Waals surface area contributed by atoms with Crippen LogP contribution in [0.1, 0.15) is 27.1 Å². The van der Waals surface area contributed by atoms with Gasteiger partial charge in [0.05, 0.1) is 0 Å². The van der Waals surface area contributed by atoms with Gasteiger partial charge in [-0.05, 0) is 31.2 Å². The zero-order valence-corrected chi connectivity index (χ0v) is 11.3. The molecular weight excluding hydrogens is 242 g/mol. The summed E-state index contributed by atoms with van der Waals surface area (Å²) in [5, 5.41) is 5.80. The highest BCUT2D eigenvalue weighted by molar-refractivity contribution is 5.99. The minimum Gasteiger partial charge on any atom is -0.355 e. The Bertz CT molecular complexity index is 481. The molecule has 5 heteroatoms. The Kier molecular flexibility index (Phi) is 4.16. The van der Waals surface area contributed by atoms with Gasteiger partial charge in [0.25, 0.3) is 11.8 Å². The largest absolute Gasteiger partial charge is 0.355 e. The molecule has 2 amide bonds. The molecule has 1 aromatic rings. The number of likely N-dealkylation sites (N-methyl/N-ethyl adjacent to an activating group) is 1. The second-order valence-electron chi connectivity index (χ2n) is 4.72. The summed E-state index contributed by atoms with van der Waals surface area (Å²) in [6.07, 6.45) is 0.970. The van der Waals surface area contributed by atoms with Crippen molar-refractivity contribution in [3.8, 4) is 0 Å². The summed E-state index contributed by atoms with van der Waals surface area (Å²) in [5.74, 6) is -0.223. The first-order valence-corrected chi connectivity index (χ1v) is 6.43. The van der Waals surface area contributed by atoms with E-state index in [1.165, 1.54) is 0 Å². The van der Waals surface area contributed by atoms with Gasteiger partial charge in [0.2, 0.25) is 0 Å². The molecule has 5 nitrogen and oxygen atoms in total. The molecule has 0 radical (unpaired) electrons. The summed E-state index contributed by atoms with van der Waals surface area (Å²) in [5.41, 5.74) is 1.06. The first-order valence-electron chi connectivity index (χ1n) is 6.43. The molecular formula is C14H19N3O2. The van der Waals surface area contributed by atoms with E-state index in [0.29, 0.717) is 11.1 Å². The molecule has 0 spiro atoms. The van der Waals surface area contributed by atoms with Crippen molar-refractivity contribution >= 4 is 11.8 Å². The van der Waals surface area contributed by atoms with Crippen molar-refractivity contribution in [2.75, 3.05) is 27.2 Å². The van der Waals surface area contributed by atoms with Crippen LogP contribution in [0.5, 0.6) is 0 Å². The standard InChI is InChI=1S/C14H19N3O2/c1-15-13(18)10-4-3-5-11(8-10)14(19)17(2)12-6-7-16-9-12/h3-5,8,12,16H,6-7,9H2,1-2H3,(H,15,18). The second kappa shape index (κ2) is 5.84. The number of hydrogen-bond donors (Lipinski definition) is 2. The van der Waals surface area contributed by atoms with Crippen molar-refractivity contribution in [1.29, 1.82) is 0 Å². The molecule has 1 aromatic carbocycles. The molecule has 0 bridgehead atoms. The van der Waals surface area contributed by atoms with Gasteiger partial charge in [0, 0.05) is 37.8 Å². The minimum absolute atomic E-state index is 0.0422. The van der Waals surface area contributed by atoms with E-state index >= 15 is 0 Å². The van der Waals surface area contributed by atoms with Crippen LogP contribution < -0.4 is 10.6 Å². The fraction of sp³-hybridized carbons (Fsp3) is 0.429. The lowest BCUT2D eigenvalue weighted by atomic mass is 10.1. The lowest BCUT2D eigenvalue weighted by Crippen LogP contribution is -2.38. The van der Waals surface area contributed by atoms with Crippen molar-refractivity contribution in [2.24, 2.45) is 0 Å². The molecule has 0 aliphatic carbocycles. The monoisotopic (exact) mass is 261 g/mol. The van der Waals surface area contributed by atoms with Crippen LogP contribution >= 0.6 is 0 Å². The van der Waals surface area contributed by atoms with Crippen LogP contribution in [-0.2, 0) is 0 Å². The van der Waals surface area contributed by atoms with Crippen LogP contribution in [0.25, 0.3) is 0 Å². The van der Waals surface area contributed by atoms with Gasteiger partial charge in [-0.25, -0.2) is 0 Å². The maximum Gasteiger partial charge on any atom is 0.253 e. The maximum atomic E-state index is 12.4. The van der Waals surface area contributed by atoms with E-state index in [-0.39, 0.29) is 17.9 Å². The topological polar surface area (TPSA) is 61.4 Å². The first-order chi connectivity index (χ1) is 9.13. The number of rotatable bonds is 3. The normalized spacial score (nSPS) is 18.1. The van der Waals surface area contributed by atoms with E-state index in [1.807, 2.05) is 7.05 Å². The molecule has 19 heavy (non-hydrogen) atoms. The smallest absolute Gasteiger partial charge is 0.253 e. The summed E-state index contributed by atoms with van der Waals surface area (Å²) in [4.78, 5) is 25.7. The highest BCUT2D eigenvalue weighted by atomic mass is 16.2. The Hall–Kier alpha value is -1.88. The highest BCUT2D eigenvalue weighted by Crippen LogP contribution is 2.13. The fourth-order valence-corrected chi connectivity index (χ4v) is 2.28. The molecule has 102 valence electrons. The van der Waals surface area contributed by atoms with Gasteiger partial charge in [-0.1, -0.05) is 6.07 Å². The summed E-state index contributed by atoms with van der Waals surface area (Å²) in [6.45, 7) is 1.78. The van der Waals surface area contributed by atoms with Crippen molar-refractivity contribution in [1.82, 2.24) is 15.5 Å². The summed E-state index contributed by atoms with van der Waals surface area (Å²) in [7, 11) is 3.39. The molecule has 2 rings (SSSR count). The van der Waals surface area contributed by atoms with Gasteiger partial charge >= 0.3 is 0 Å². The number of carbonyl (C=O) groups is 2. The van der Waals surface area contributed by atoms with Crippen LogP contribution in [-0.4, -0.2) is 49.9 Å².